The highest BCUT2D eigenvalue weighted by molar-refractivity contribution is 7.91. The minimum absolute atomic E-state index is 0.128. The van der Waals surface area contributed by atoms with E-state index in [-0.39, 0.29) is 23.0 Å². The van der Waals surface area contributed by atoms with Crippen LogP contribution in [0.5, 0.6) is 5.75 Å². The zero-order chi connectivity index (χ0) is 23.0. The van der Waals surface area contributed by atoms with E-state index in [0.717, 1.165) is 0 Å². The van der Waals surface area contributed by atoms with Crippen molar-refractivity contribution in [1.82, 2.24) is 0 Å². The van der Waals surface area contributed by atoms with Gasteiger partial charge in [-0.15, -0.1) is 0 Å². The number of benzene rings is 3. The monoisotopic (exact) mass is 450 g/mol. The number of hydrogen-bond acceptors (Lipinski definition) is 7. The van der Waals surface area contributed by atoms with E-state index in [1.165, 1.54) is 12.1 Å². The molecule has 7 nitrogen and oxygen atoms in total. The van der Waals surface area contributed by atoms with Gasteiger partial charge in [0, 0.05) is 5.57 Å². The Labute approximate surface area is 187 Å². The Morgan fingerprint density at radius 2 is 1.34 bits per heavy atom. The second kappa shape index (κ2) is 10.5. The first-order chi connectivity index (χ1) is 15.4. The van der Waals surface area contributed by atoms with E-state index in [1.54, 1.807) is 73.7 Å². The van der Waals surface area contributed by atoms with E-state index in [4.69, 9.17) is 9.47 Å². The summed E-state index contributed by atoms with van der Waals surface area (Å²) in [6.07, 6.45) is 0. The van der Waals surface area contributed by atoms with Crippen molar-refractivity contribution in [3.05, 3.63) is 91.0 Å². The summed E-state index contributed by atoms with van der Waals surface area (Å²) in [5.41, 5.74) is 1.47. The average Bonchev–Trinajstić information content (AvgIpc) is 2.82. The maximum Gasteiger partial charge on any atom is 0.333 e. The third-order valence-corrected chi connectivity index (χ3v) is 6.04. The molecular weight excluding hydrogens is 428 g/mol. The molecular formula is C24H22N2O5S. The molecule has 0 spiro atoms. The Bertz CT molecular complexity index is 1200. The molecule has 0 aromatic heterocycles. The Balaban J connectivity index is 1.56. The zero-order valence-electron chi connectivity index (χ0n) is 17.5. The van der Waals surface area contributed by atoms with Crippen molar-refractivity contribution < 1.29 is 22.7 Å². The second-order valence-electron chi connectivity index (χ2n) is 6.77. The Morgan fingerprint density at radius 3 is 1.91 bits per heavy atom. The van der Waals surface area contributed by atoms with Gasteiger partial charge < -0.3 is 9.47 Å². The topological polar surface area (TPSA) is 94.4 Å². The molecule has 0 amide bonds. The van der Waals surface area contributed by atoms with Gasteiger partial charge in [-0.1, -0.05) is 24.8 Å². The fourth-order valence-corrected chi connectivity index (χ4v) is 3.85. The molecule has 0 unspecified atom stereocenters. The predicted octanol–water partition coefficient (Wildman–Crippen LogP) is 5.43. The highest BCUT2D eigenvalue weighted by atomic mass is 32.2. The number of esters is 1. The summed E-state index contributed by atoms with van der Waals surface area (Å²) in [5, 5.41) is 8.28. The van der Waals surface area contributed by atoms with Gasteiger partial charge in [0.05, 0.1) is 21.2 Å². The number of ether oxygens (including phenoxy) is 2. The molecule has 3 aromatic rings. The molecule has 0 aliphatic carbocycles. The fourth-order valence-electron chi connectivity index (χ4n) is 2.57. The molecule has 0 fully saturated rings. The van der Waals surface area contributed by atoms with Crippen molar-refractivity contribution in [1.29, 1.82) is 0 Å². The van der Waals surface area contributed by atoms with Crippen molar-refractivity contribution in [3.8, 4) is 5.75 Å². The van der Waals surface area contributed by atoms with Crippen LogP contribution in [0.4, 0.5) is 11.4 Å². The van der Waals surface area contributed by atoms with Crippen LogP contribution < -0.4 is 4.74 Å². The Morgan fingerprint density at radius 1 is 0.812 bits per heavy atom. The standard InChI is InChI=1S/C24H22N2O5S/c1-18(2)24(27)31-17-16-30-21-12-8-19(9-13-21)25-26-20-10-14-23(15-11-20)32(28,29)22-6-4-3-5-7-22/h3-15H,1,16-17H2,2H3/b26-25+. The largest absolute Gasteiger partial charge is 0.490 e. The average molecular weight is 451 g/mol. The van der Waals surface area contributed by atoms with E-state index in [0.29, 0.717) is 22.7 Å². The third-order valence-electron chi connectivity index (χ3n) is 4.25. The summed E-state index contributed by atoms with van der Waals surface area (Å²) < 4.78 is 35.7. The summed E-state index contributed by atoms with van der Waals surface area (Å²) in [7, 11) is -3.56. The van der Waals surface area contributed by atoms with E-state index in [1.807, 2.05) is 0 Å². The summed E-state index contributed by atoms with van der Waals surface area (Å²) >= 11 is 0. The van der Waals surface area contributed by atoms with Crippen molar-refractivity contribution in [2.75, 3.05) is 13.2 Å². The number of nitrogens with zero attached hydrogens (tertiary/aromatic N) is 2. The lowest BCUT2D eigenvalue weighted by Gasteiger charge is -2.07. The van der Waals surface area contributed by atoms with Crippen LogP contribution in [0.1, 0.15) is 6.92 Å². The molecule has 0 heterocycles. The summed E-state index contributed by atoms with van der Waals surface area (Å²) in [6, 6.07) is 21.4. The molecule has 0 N–H and O–H groups in total. The molecule has 32 heavy (non-hydrogen) atoms. The molecule has 164 valence electrons. The van der Waals surface area contributed by atoms with Crippen molar-refractivity contribution >= 4 is 27.2 Å². The highest BCUT2D eigenvalue weighted by Gasteiger charge is 2.16. The molecule has 0 atom stereocenters. The van der Waals surface area contributed by atoms with E-state index in [2.05, 4.69) is 16.8 Å². The number of sulfone groups is 1. The third kappa shape index (κ3) is 6.12. The van der Waals surface area contributed by atoms with Gasteiger partial charge >= 0.3 is 5.97 Å². The number of carbonyl (C=O) groups excluding carboxylic acids is 1. The molecule has 0 radical (unpaired) electrons. The van der Waals surface area contributed by atoms with Crippen LogP contribution in [-0.2, 0) is 19.4 Å². The molecule has 0 saturated heterocycles. The van der Waals surface area contributed by atoms with Crippen LogP contribution >= 0.6 is 0 Å². The van der Waals surface area contributed by atoms with Gasteiger partial charge in [-0.2, -0.15) is 10.2 Å². The maximum atomic E-state index is 12.6. The quantitative estimate of drug-likeness (QED) is 0.187. The first kappa shape index (κ1) is 22.9. The zero-order valence-corrected chi connectivity index (χ0v) is 18.3. The number of carbonyl (C=O) groups is 1. The van der Waals surface area contributed by atoms with Crippen LogP contribution in [0.15, 0.2) is 111 Å². The van der Waals surface area contributed by atoms with Gasteiger partial charge in [0.2, 0.25) is 9.84 Å². The molecule has 3 aromatic carbocycles. The lowest BCUT2D eigenvalue weighted by Crippen LogP contribution is -2.12. The molecule has 3 rings (SSSR count). The van der Waals surface area contributed by atoms with Crippen LogP contribution in [-0.4, -0.2) is 27.6 Å². The van der Waals surface area contributed by atoms with Crippen molar-refractivity contribution in [2.24, 2.45) is 10.2 Å². The van der Waals surface area contributed by atoms with E-state index in [9.17, 15) is 13.2 Å². The Kier molecular flexibility index (Phi) is 7.51. The first-order valence-corrected chi connectivity index (χ1v) is 11.2. The number of azo groups is 1. The minimum atomic E-state index is -3.56. The molecule has 8 heteroatoms. The predicted molar refractivity (Wildman–Crippen MR) is 120 cm³/mol. The summed E-state index contributed by atoms with van der Waals surface area (Å²) in [5.74, 6) is 0.154. The molecule has 0 bridgehead atoms. The minimum Gasteiger partial charge on any atom is -0.490 e. The maximum absolute atomic E-state index is 12.6. The lowest BCUT2D eigenvalue weighted by atomic mass is 10.3. The van der Waals surface area contributed by atoms with E-state index < -0.39 is 15.8 Å². The van der Waals surface area contributed by atoms with Crippen molar-refractivity contribution in [3.63, 3.8) is 0 Å². The summed E-state index contributed by atoms with van der Waals surface area (Å²) in [6.45, 7) is 5.44. The van der Waals surface area contributed by atoms with E-state index >= 15 is 0 Å². The molecule has 0 saturated carbocycles. The Hall–Kier alpha value is -3.78. The van der Waals surface area contributed by atoms with Crippen LogP contribution in [0.2, 0.25) is 0 Å². The van der Waals surface area contributed by atoms with Gasteiger partial charge in [0.15, 0.2) is 0 Å². The van der Waals surface area contributed by atoms with Gasteiger partial charge in [0.1, 0.15) is 19.0 Å². The number of hydrogen-bond donors (Lipinski definition) is 0. The van der Waals surface area contributed by atoms with Gasteiger partial charge in [-0.25, -0.2) is 13.2 Å². The molecule has 0 aliphatic rings. The number of rotatable bonds is 9. The highest BCUT2D eigenvalue weighted by Crippen LogP contribution is 2.25. The first-order valence-electron chi connectivity index (χ1n) is 9.74. The van der Waals surface area contributed by atoms with Crippen LogP contribution in [0.25, 0.3) is 0 Å². The van der Waals surface area contributed by atoms with Crippen LogP contribution in [0, 0.1) is 0 Å². The second-order valence-corrected chi connectivity index (χ2v) is 8.72. The van der Waals surface area contributed by atoms with Crippen molar-refractivity contribution in [2.45, 2.75) is 16.7 Å². The van der Waals surface area contributed by atoms with Gasteiger partial charge in [-0.3, -0.25) is 0 Å². The van der Waals surface area contributed by atoms with Crippen LogP contribution in [0.3, 0.4) is 0 Å². The smallest absolute Gasteiger partial charge is 0.333 e. The lowest BCUT2D eigenvalue weighted by molar-refractivity contribution is -0.139. The molecule has 0 aliphatic heterocycles. The van der Waals surface area contributed by atoms with Gasteiger partial charge in [0.25, 0.3) is 0 Å². The fraction of sp³-hybridized carbons (Fsp3) is 0.125. The SMILES string of the molecule is C=C(C)C(=O)OCCOc1ccc(/N=N/c2ccc(S(=O)(=O)c3ccccc3)cc2)cc1. The summed E-state index contributed by atoms with van der Waals surface area (Å²) in [4.78, 5) is 11.7. The van der Waals surface area contributed by atoms with Gasteiger partial charge in [-0.05, 0) is 67.6 Å². The normalized spacial score (nSPS) is 11.3.